The second-order valence-corrected chi connectivity index (χ2v) is 13.0. The molecule has 0 saturated carbocycles. The van der Waals surface area contributed by atoms with Crippen LogP contribution >= 0.6 is 0 Å². The molecule has 0 aliphatic heterocycles. The van der Waals surface area contributed by atoms with E-state index in [1.54, 1.807) is 0 Å². The van der Waals surface area contributed by atoms with E-state index in [-0.39, 0.29) is 0 Å². The monoisotopic (exact) mass is 652 g/mol. The molecule has 0 saturated heterocycles. The van der Waals surface area contributed by atoms with Crippen molar-refractivity contribution in [1.82, 2.24) is 19.1 Å². The van der Waals surface area contributed by atoms with Crippen molar-refractivity contribution in [2.24, 2.45) is 0 Å². The van der Waals surface area contributed by atoms with Gasteiger partial charge < -0.3 is 8.98 Å². The molecule has 7 aromatic carbocycles. The Bertz CT molecular complexity index is 3060. The summed E-state index contributed by atoms with van der Waals surface area (Å²) in [6.07, 6.45) is 0. The van der Waals surface area contributed by atoms with Crippen molar-refractivity contribution < 1.29 is 4.42 Å². The molecule has 0 aliphatic carbocycles. The normalized spacial score (nSPS) is 11.9. The molecular weight excluding hydrogens is 625 g/mol. The summed E-state index contributed by atoms with van der Waals surface area (Å²) in [6.45, 7) is 0. The molecule has 4 heterocycles. The quantitative estimate of drug-likeness (QED) is 0.190. The molecule has 0 unspecified atom stereocenters. The number of furan rings is 1. The van der Waals surface area contributed by atoms with Crippen LogP contribution in [0.4, 0.5) is 0 Å². The van der Waals surface area contributed by atoms with Gasteiger partial charge in [0.1, 0.15) is 11.4 Å². The van der Waals surface area contributed by atoms with Gasteiger partial charge in [0.15, 0.2) is 11.4 Å². The highest BCUT2D eigenvalue weighted by Gasteiger charge is 2.28. The minimum Gasteiger partial charge on any atom is -0.454 e. The molecule has 0 atom stereocenters. The summed E-state index contributed by atoms with van der Waals surface area (Å²) in [6, 6.07) is 59.1. The molecule has 238 valence electrons. The fourth-order valence-electron chi connectivity index (χ4n) is 7.99. The van der Waals surface area contributed by atoms with Crippen molar-refractivity contribution in [3.8, 4) is 34.2 Å². The van der Waals surface area contributed by atoms with E-state index in [4.69, 9.17) is 14.4 Å². The van der Waals surface area contributed by atoms with Gasteiger partial charge in [-0.1, -0.05) is 133 Å². The minimum absolute atomic E-state index is 0.674. The average molecular weight is 653 g/mol. The molecular formula is C46H28N4O. The zero-order valence-electron chi connectivity index (χ0n) is 27.4. The Labute approximate surface area is 292 Å². The second-order valence-electron chi connectivity index (χ2n) is 13.0. The SMILES string of the molecule is c1ccc(-c2cc(-n3c4ccccc4c4c5c6ccccc6n(-c6ccccc6)c5c5oc6ccccc6c5c43)nc(-c3ccccc3)n2)cc1. The molecule has 0 fully saturated rings. The zero-order chi connectivity index (χ0) is 33.5. The lowest BCUT2D eigenvalue weighted by Crippen LogP contribution is -2.03. The number of hydrogen-bond acceptors (Lipinski definition) is 3. The van der Waals surface area contributed by atoms with Gasteiger partial charge in [0, 0.05) is 49.8 Å². The second kappa shape index (κ2) is 10.8. The molecule has 0 N–H and O–H groups in total. The van der Waals surface area contributed by atoms with Crippen molar-refractivity contribution in [2.75, 3.05) is 0 Å². The highest BCUT2D eigenvalue weighted by molar-refractivity contribution is 6.39. The van der Waals surface area contributed by atoms with E-state index in [0.29, 0.717) is 5.82 Å². The summed E-state index contributed by atoms with van der Waals surface area (Å²) >= 11 is 0. The topological polar surface area (TPSA) is 48.8 Å². The first-order valence-electron chi connectivity index (χ1n) is 17.2. The fourth-order valence-corrected chi connectivity index (χ4v) is 7.99. The lowest BCUT2D eigenvalue weighted by atomic mass is 10.0. The fraction of sp³-hybridized carbons (Fsp3) is 0. The average Bonchev–Trinajstić information content (AvgIpc) is 3.87. The smallest absolute Gasteiger partial charge is 0.162 e. The van der Waals surface area contributed by atoms with Gasteiger partial charge in [-0.15, -0.1) is 0 Å². The van der Waals surface area contributed by atoms with Crippen LogP contribution in [-0.2, 0) is 0 Å². The van der Waals surface area contributed by atoms with Crippen molar-refractivity contribution in [2.45, 2.75) is 0 Å². The van der Waals surface area contributed by atoms with Crippen LogP contribution in [0.25, 0.3) is 99.7 Å². The Kier molecular flexibility index (Phi) is 5.89. The van der Waals surface area contributed by atoms with Gasteiger partial charge in [-0.05, 0) is 30.3 Å². The van der Waals surface area contributed by atoms with Crippen molar-refractivity contribution in [3.05, 3.63) is 170 Å². The maximum absolute atomic E-state index is 6.97. The molecule has 51 heavy (non-hydrogen) atoms. The van der Waals surface area contributed by atoms with Crippen LogP contribution in [0, 0.1) is 0 Å². The third kappa shape index (κ3) is 4.03. The number of nitrogens with zero attached hydrogens (tertiary/aromatic N) is 4. The lowest BCUT2D eigenvalue weighted by molar-refractivity contribution is 0.671. The summed E-state index contributed by atoms with van der Waals surface area (Å²) in [7, 11) is 0. The first-order chi connectivity index (χ1) is 25.3. The van der Waals surface area contributed by atoms with E-state index in [9.17, 15) is 0 Å². The predicted octanol–water partition coefficient (Wildman–Crippen LogP) is 11.9. The van der Waals surface area contributed by atoms with E-state index >= 15 is 0 Å². The third-order valence-electron chi connectivity index (χ3n) is 10.1. The van der Waals surface area contributed by atoms with Crippen LogP contribution in [0.15, 0.2) is 174 Å². The Hall–Kier alpha value is -6.98. The predicted molar refractivity (Wildman–Crippen MR) is 209 cm³/mol. The van der Waals surface area contributed by atoms with E-state index in [0.717, 1.165) is 83.1 Å². The van der Waals surface area contributed by atoms with Gasteiger partial charge in [0.05, 0.1) is 33.1 Å². The Morgan fingerprint density at radius 2 is 0.980 bits per heavy atom. The van der Waals surface area contributed by atoms with Crippen molar-refractivity contribution in [1.29, 1.82) is 0 Å². The van der Waals surface area contributed by atoms with Crippen molar-refractivity contribution >= 4 is 65.6 Å². The van der Waals surface area contributed by atoms with Crippen LogP contribution in [0.1, 0.15) is 0 Å². The van der Waals surface area contributed by atoms with E-state index in [2.05, 4.69) is 149 Å². The van der Waals surface area contributed by atoms with Gasteiger partial charge in [-0.2, -0.15) is 0 Å². The summed E-state index contributed by atoms with van der Waals surface area (Å²) in [5, 5.41) is 6.78. The summed E-state index contributed by atoms with van der Waals surface area (Å²) < 4.78 is 11.7. The highest BCUT2D eigenvalue weighted by atomic mass is 16.3. The summed E-state index contributed by atoms with van der Waals surface area (Å²) in [4.78, 5) is 10.5. The van der Waals surface area contributed by atoms with E-state index < -0.39 is 0 Å². The molecule has 5 heteroatoms. The maximum Gasteiger partial charge on any atom is 0.162 e. The molecule has 0 aliphatic rings. The molecule has 11 rings (SSSR count). The largest absolute Gasteiger partial charge is 0.454 e. The summed E-state index contributed by atoms with van der Waals surface area (Å²) in [5.74, 6) is 1.47. The minimum atomic E-state index is 0.674. The molecule has 0 amide bonds. The summed E-state index contributed by atoms with van der Waals surface area (Å²) in [5.41, 5.74) is 9.96. The third-order valence-corrected chi connectivity index (χ3v) is 10.1. The van der Waals surface area contributed by atoms with Crippen LogP contribution in [-0.4, -0.2) is 19.1 Å². The molecule has 11 aromatic rings. The van der Waals surface area contributed by atoms with Gasteiger partial charge in [-0.3, -0.25) is 4.57 Å². The van der Waals surface area contributed by atoms with Gasteiger partial charge >= 0.3 is 0 Å². The highest BCUT2D eigenvalue weighted by Crippen LogP contribution is 2.49. The van der Waals surface area contributed by atoms with Gasteiger partial charge in [0.25, 0.3) is 0 Å². The number of benzene rings is 7. The first-order valence-corrected chi connectivity index (χ1v) is 17.2. The Morgan fingerprint density at radius 1 is 0.431 bits per heavy atom. The number of para-hydroxylation sites is 4. The zero-order valence-corrected chi connectivity index (χ0v) is 27.4. The first kappa shape index (κ1) is 27.9. The van der Waals surface area contributed by atoms with Crippen molar-refractivity contribution in [3.63, 3.8) is 0 Å². The van der Waals surface area contributed by atoms with Gasteiger partial charge in [-0.25, -0.2) is 9.97 Å². The molecule has 0 bridgehead atoms. The van der Waals surface area contributed by atoms with Crippen LogP contribution in [0.2, 0.25) is 0 Å². The van der Waals surface area contributed by atoms with E-state index in [1.807, 2.05) is 30.3 Å². The molecule has 0 radical (unpaired) electrons. The molecule has 0 spiro atoms. The maximum atomic E-state index is 6.97. The number of rotatable bonds is 4. The standard InChI is InChI=1S/C46H28N4O/c1-4-16-29(17-5-1)35-28-39(48-46(47-35)30-18-6-2-7-19-30)50-37-26-14-11-23-33(37)40-41-32-22-10-13-25-36(32)49(31-20-8-3-9-21-31)44(41)45-42(43(40)50)34-24-12-15-27-38(34)51-45/h1-28H. The van der Waals surface area contributed by atoms with E-state index in [1.165, 1.54) is 10.8 Å². The van der Waals surface area contributed by atoms with Gasteiger partial charge in [0.2, 0.25) is 0 Å². The van der Waals surface area contributed by atoms with Crippen LogP contribution in [0.5, 0.6) is 0 Å². The number of hydrogen-bond donors (Lipinski definition) is 0. The number of fused-ring (bicyclic) bond motifs is 12. The Balaban J connectivity index is 1.40. The molecule has 5 nitrogen and oxygen atoms in total. The molecule has 4 aromatic heterocycles. The van der Waals surface area contributed by atoms with Crippen LogP contribution in [0.3, 0.4) is 0 Å². The van der Waals surface area contributed by atoms with Crippen LogP contribution < -0.4 is 0 Å². The lowest BCUT2D eigenvalue weighted by Gasteiger charge is -2.13. The Morgan fingerprint density at radius 3 is 1.69 bits per heavy atom. The number of aromatic nitrogens is 4.